The second-order valence-electron chi connectivity index (χ2n) is 7.78. The molecule has 3 nitrogen and oxygen atoms in total. The van der Waals surface area contributed by atoms with Crippen molar-refractivity contribution in [3.63, 3.8) is 0 Å². The molecule has 1 fully saturated rings. The Morgan fingerprint density at radius 3 is 2.48 bits per heavy atom. The zero-order chi connectivity index (χ0) is 21.3. The van der Waals surface area contributed by atoms with Crippen LogP contribution in [-0.2, 0) is 4.74 Å². The molecule has 4 heteroatoms. The van der Waals surface area contributed by atoms with Crippen molar-refractivity contribution in [3.05, 3.63) is 94.2 Å². The van der Waals surface area contributed by atoms with E-state index < -0.39 is 0 Å². The molecule has 1 aromatic heterocycles. The van der Waals surface area contributed by atoms with Crippen LogP contribution in [0.5, 0.6) is 5.75 Å². The number of hydrogen-bond donors (Lipinski definition) is 0. The molecule has 0 spiro atoms. The van der Waals surface area contributed by atoms with Crippen LogP contribution in [0, 0.1) is 0 Å². The average Bonchev–Trinajstić information content (AvgIpc) is 3.36. The van der Waals surface area contributed by atoms with Gasteiger partial charge in [0.15, 0.2) is 0 Å². The summed E-state index contributed by atoms with van der Waals surface area (Å²) in [4.78, 5) is 3.76. The predicted molar refractivity (Wildman–Crippen MR) is 130 cm³/mol. The summed E-state index contributed by atoms with van der Waals surface area (Å²) in [7, 11) is 0. The van der Waals surface area contributed by atoms with Crippen LogP contribution in [0.15, 0.2) is 78.2 Å². The van der Waals surface area contributed by atoms with E-state index in [9.17, 15) is 0 Å². The minimum absolute atomic E-state index is 0.248. The average molecular weight is 434 g/mol. The lowest BCUT2D eigenvalue weighted by molar-refractivity contribution is 0.0322. The molecule has 3 aromatic rings. The molecule has 2 aromatic carbocycles. The van der Waals surface area contributed by atoms with Gasteiger partial charge in [-0.2, -0.15) is 0 Å². The molecule has 0 N–H and O–H groups in total. The Morgan fingerprint density at radius 1 is 1.03 bits per heavy atom. The number of nitrogens with zero attached hydrogens (tertiary/aromatic N) is 1. The first-order chi connectivity index (χ1) is 15.3. The lowest BCUT2D eigenvalue weighted by atomic mass is 9.91. The zero-order valence-electron chi connectivity index (χ0n) is 18.2. The van der Waals surface area contributed by atoms with Gasteiger partial charge in [-0.1, -0.05) is 61.5 Å². The van der Waals surface area contributed by atoms with Crippen LogP contribution in [0.1, 0.15) is 35.3 Å². The molecule has 1 aliphatic heterocycles. The fraction of sp³-hybridized carbons (Fsp3) is 0.333. The highest BCUT2D eigenvalue weighted by atomic mass is 32.1. The van der Waals surface area contributed by atoms with Crippen LogP contribution >= 0.6 is 11.3 Å². The first-order valence-corrected chi connectivity index (χ1v) is 12.0. The van der Waals surface area contributed by atoms with Crippen LogP contribution < -0.4 is 4.74 Å². The number of benzene rings is 2. The zero-order valence-corrected chi connectivity index (χ0v) is 19.0. The third-order valence-electron chi connectivity index (χ3n) is 5.76. The van der Waals surface area contributed by atoms with Crippen LogP contribution in [0.2, 0.25) is 0 Å². The SMILES string of the molecule is CCC(=C[C@@H](c1ccc(OCCN2CCOCC2)cc1)c1cccs1)c1ccccc1. The standard InChI is InChI=1S/C27H31NO2S/c1-2-22(23-7-4-3-5-8-23)21-26(27-9-6-20-31-27)24-10-12-25(13-11-24)30-19-16-28-14-17-29-18-15-28/h3-13,20-21,26H,2,14-19H2,1H3/t26-/m0/s1. The van der Waals surface area contributed by atoms with Crippen molar-refractivity contribution in [2.24, 2.45) is 0 Å². The van der Waals surface area contributed by atoms with E-state index in [0.29, 0.717) is 6.61 Å². The molecule has 0 unspecified atom stereocenters. The number of rotatable bonds is 9. The third kappa shape index (κ3) is 6.07. The second kappa shape index (κ2) is 11.3. The maximum absolute atomic E-state index is 6.01. The Labute approximate surface area is 189 Å². The minimum Gasteiger partial charge on any atom is -0.492 e. The van der Waals surface area contributed by atoms with Crippen molar-refractivity contribution in [3.8, 4) is 5.75 Å². The molecule has 31 heavy (non-hydrogen) atoms. The highest BCUT2D eigenvalue weighted by Crippen LogP contribution is 2.34. The van der Waals surface area contributed by atoms with Crippen LogP contribution in [-0.4, -0.2) is 44.4 Å². The molecule has 1 saturated heterocycles. The summed E-state index contributed by atoms with van der Waals surface area (Å²) in [5.41, 5.74) is 3.98. The van der Waals surface area contributed by atoms with Gasteiger partial charge in [0, 0.05) is 30.4 Å². The van der Waals surface area contributed by atoms with Crippen molar-refractivity contribution in [1.82, 2.24) is 4.90 Å². The number of ether oxygens (including phenoxy) is 2. The van der Waals surface area contributed by atoms with E-state index in [-0.39, 0.29) is 5.92 Å². The summed E-state index contributed by atoms with van der Waals surface area (Å²) in [5, 5.41) is 2.16. The summed E-state index contributed by atoms with van der Waals surface area (Å²) >= 11 is 1.82. The normalized spacial score (nSPS) is 16.2. The lowest BCUT2D eigenvalue weighted by Gasteiger charge is -2.26. The summed E-state index contributed by atoms with van der Waals surface area (Å²) in [5.74, 6) is 1.18. The molecule has 1 aliphatic rings. The van der Waals surface area contributed by atoms with Gasteiger partial charge >= 0.3 is 0 Å². The smallest absolute Gasteiger partial charge is 0.119 e. The van der Waals surface area contributed by atoms with Crippen LogP contribution in [0.3, 0.4) is 0 Å². The Bertz CT molecular complexity index is 929. The van der Waals surface area contributed by atoms with Crippen LogP contribution in [0.4, 0.5) is 0 Å². The Kier molecular flexibility index (Phi) is 7.94. The molecule has 2 heterocycles. The maximum atomic E-state index is 6.01. The monoisotopic (exact) mass is 433 g/mol. The number of thiophene rings is 1. The Morgan fingerprint density at radius 2 is 1.81 bits per heavy atom. The third-order valence-corrected chi connectivity index (χ3v) is 6.72. The van der Waals surface area contributed by atoms with E-state index in [4.69, 9.17) is 9.47 Å². The fourth-order valence-corrected chi connectivity index (χ4v) is 4.79. The van der Waals surface area contributed by atoms with E-state index in [0.717, 1.165) is 45.0 Å². The molecule has 1 atom stereocenters. The summed E-state index contributed by atoms with van der Waals surface area (Å²) in [6.45, 7) is 7.54. The van der Waals surface area contributed by atoms with Crippen molar-refractivity contribution in [2.75, 3.05) is 39.5 Å². The van der Waals surface area contributed by atoms with Crippen LogP contribution in [0.25, 0.3) is 5.57 Å². The van der Waals surface area contributed by atoms with Gasteiger partial charge in [-0.3, -0.25) is 4.90 Å². The minimum atomic E-state index is 0.248. The van der Waals surface area contributed by atoms with Gasteiger partial charge in [0.05, 0.1) is 13.2 Å². The van der Waals surface area contributed by atoms with E-state index in [1.165, 1.54) is 21.6 Å². The molecule has 4 rings (SSSR count). The number of allylic oxidation sites excluding steroid dienone is 2. The molecule has 0 saturated carbocycles. The van der Waals surface area contributed by atoms with E-state index in [2.05, 4.69) is 90.0 Å². The maximum Gasteiger partial charge on any atom is 0.119 e. The molecule has 0 amide bonds. The molecular formula is C27H31NO2S. The van der Waals surface area contributed by atoms with Crippen molar-refractivity contribution in [2.45, 2.75) is 19.3 Å². The van der Waals surface area contributed by atoms with Gasteiger partial charge in [0.2, 0.25) is 0 Å². The second-order valence-corrected chi connectivity index (χ2v) is 8.76. The topological polar surface area (TPSA) is 21.7 Å². The molecular weight excluding hydrogens is 402 g/mol. The summed E-state index contributed by atoms with van der Waals surface area (Å²) < 4.78 is 11.4. The predicted octanol–water partition coefficient (Wildman–Crippen LogP) is 6.08. The molecule has 0 aliphatic carbocycles. The first-order valence-electron chi connectivity index (χ1n) is 11.2. The Balaban J connectivity index is 1.48. The highest BCUT2D eigenvalue weighted by molar-refractivity contribution is 7.10. The van der Waals surface area contributed by atoms with Crippen molar-refractivity contribution in [1.29, 1.82) is 0 Å². The van der Waals surface area contributed by atoms with E-state index in [1.807, 2.05) is 11.3 Å². The highest BCUT2D eigenvalue weighted by Gasteiger charge is 2.15. The van der Waals surface area contributed by atoms with Gasteiger partial charge in [-0.15, -0.1) is 11.3 Å². The van der Waals surface area contributed by atoms with Gasteiger partial charge in [0.25, 0.3) is 0 Å². The summed E-state index contributed by atoms with van der Waals surface area (Å²) in [6, 6.07) is 23.7. The molecule has 0 radical (unpaired) electrons. The summed E-state index contributed by atoms with van der Waals surface area (Å²) in [6.07, 6.45) is 3.43. The molecule has 0 bridgehead atoms. The van der Waals surface area contributed by atoms with Gasteiger partial charge in [0.1, 0.15) is 12.4 Å². The van der Waals surface area contributed by atoms with Gasteiger partial charge < -0.3 is 9.47 Å². The van der Waals surface area contributed by atoms with Gasteiger partial charge in [-0.05, 0) is 46.7 Å². The van der Waals surface area contributed by atoms with Gasteiger partial charge in [-0.25, -0.2) is 0 Å². The van der Waals surface area contributed by atoms with E-state index in [1.54, 1.807) is 0 Å². The largest absolute Gasteiger partial charge is 0.492 e. The number of morpholine rings is 1. The first kappa shape index (κ1) is 21.8. The number of hydrogen-bond acceptors (Lipinski definition) is 4. The van der Waals surface area contributed by atoms with Crippen molar-refractivity contribution < 1.29 is 9.47 Å². The van der Waals surface area contributed by atoms with Crippen molar-refractivity contribution >= 4 is 16.9 Å². The lowest BCUT2D eigenvalue weighted by Crippen LogP contribution is -2.38. The Hall–Kier alpha value is -2.40. The quantitative estimate of drug-likeness (QED) is 0.408. The molecule has 162 valence electrons. The van der Waals surface area contributed by atoms with E-state index >= 15 is 0 Å². The fourth-order valence-electron chi connectivity index (χ4n) is 3.97.